The largest absolute Gasteiger partial charge is 0.338 e. The van der Waals surface area contributed by atoms with Gasteiger partial charge in [0.2, 0.25) is 10.0 Å². The molecule has 3 N–H and O–H groups in total. The van der Waals surface area contributed by atoms with Crippen LogP contribution < -0.4 is 10.5 Å². The highest BCUT2D eigenvalue weighted by atomic mass is 32.2. The normalized spacial score (nSPS) is 23.5. The summed E-state index contributed by atoms with van der Waals surface area (Å²) in [6, 6.07) is 6.36. The Morgan fingerprint density at radius 3 is 2.68 bits per heavy atom. The highest BCUT2D eigenvalue weighted by Gasteiger charge is 2.35. The lowest BCUT2D eigenvalue weighted by Crippen LogP contribution is -2.54. The fourth-order valence-electron chi connectivity index (χ4n) is 3.16. The van der Waals surface area contributed by atoms with Crippen molar-refractivity contribution in [3.63, 3.8) is 0 Å². The molecule has 1 aliphatic heterocycles. The van der Waals surface area contributed by atoms with Gasteiger partial charge in [0.25, 0.3) is 5.91 Å². The molecule has 25 heavy (non-hydrogen) atoms. The van der Waals surface area contributed by atoms with Crippen LogP contribution in [-0.4, -0.2) is 44.9 Å². The van der Waals surface area contributed by atoms with Gasteiger partial charge in [0, 0.05) is 31.2 Å². The second-order valence-corrected chi connectivity index (χ2v) is 9.70. The number of rotatable bonds is 5. The van der Waals surface area contributed by atoms with E-state index >= 15 is 0 Å². The molecule has 1 amide bonds. The number of piperidine rings is 1. The van der Waals surface area contributed by atoms with Gasteiger partial charge in [-0.2, -0.15) is 0 Å². The summed E-state index contributed by atoms with van der Waals surface area (Å²) in [6.07, 6.45) is 2.90. The smallest absolute Gasteiger partial charge is 0.253 e. The summed E-state index contributed by atoms with van der Waals surface area (Å²) in [6.45, 7) is 5.75. The van der Waals surface area contributed by atoms with Crippen LogP contribution in [0.25, 0.3) is 0 Å². The van der Waals surface area contributed by atoms with E-state index in [1.807, 2.05) is 0 Å². The number of hydrogen-bond acceptors (Lipinski definition) is 4. The van der Waals surface area contributed by atoms with Gasteiger partial charge in [0.1, 0.15) is 0 Å². The van der Waals surface area contributed by atoms with Crippen molar-refractivity contribution < 1.29 is 13.2 Å². The van der Waals surface area contributed by atoms with Gasteiger partial charge >= 0.3 is 0 Å². The van der Waals surface area contributed by atoms with Crippen LogP contribution in [0.2, 0.25) is 0 Å². The monoisotopic (exact) mass is 365 g/mol. The van der Waals surface area contributed by atoms with Gasteiger partial charge in [0.15, 0.2) is 0 Å². The summed E-state index contributed by atoms with van der Waals surface area (Å²) < 4.78 is 27.5. The Bertz CT molecular complexity index is 757. The van der Waals surface area contributed by atoms with E-state index in [-0.39, 0.29) is 22.3 Å². The molecule has 1 aromatic carbocycles. The Morgan fingerprint density at radius 1 is 1.32 bits per heavy atom. The van der Waals surface area contributed by atoms with Crippen molar-refractivity contribution in [3.05, 3.63) is 29.8 Å². The number of amides is 1. The Morgan fingerprint density at radius 2 is 2.04 bits per heavy atom. The number of sulfonamides is 1. The van der Waals surface area contributed by atoms with E-state index in [1.165, 1.54) is 12.1 Å². The fraction of sp³-hybridized carbons (Fsp3) is 0.611. The molecule has 0 bridgehead atoms. The molecule has 1 aliphatic carbocycles. The number of nitrogens with zero attached hydrogens (tertiary/aromatic N) is 1. The minimum absolute atomic E-state index is 0.0647. The first kappa shape index (κ1) is 18.4. The maximum absolute atomic E-state index is 12.8. The third kappa shape index (κ3) is 4.22. The lowest BCUT2D eigenvalue weighted by atomic mass is 9.79. The Labute approximate surface area is 149 Å². The predicted molar refractivity (Wildman–Crippen MR) is 96.6 cm³/mol. The van der Waals surface area contributed by atoms with Crippen molar-refractivity contribution in [1.82, 2.24) is 9.62 Å². The standard InChI is InChI=1S/C18H27N3O3S/c1-18(2)12-21(9-8-16(18)19)17(22)14-4-3-5-15(10-14)25(23,24)20-11-13-6-7-13/h3-5,10,13,16,20H,6-9,11-12,19H2,1-2H3. The van der Waals surface area contributed by atoms with E-state index in [1.54, 1.807) is 17.0 Å². The van der Waals surface area contributed by atoms with E-state index in [0.717, 1.165) is 19.3 Å². The number of nitrogens with two attached hydrogens (primary N) is 1. The van der Waals surface area contributed by atoms with Gasteiger partial charge in [-0.05, 0) is 48.8 Å². The average molecular weight is 365 g/mol. The zero-order valence-corrected chi connectivity index (χ0v) is 15.7. The Kier molecular flexibility index (Phi) is 4.92. The molecule has 2 fully saturated rings. The van der Waals surface area contributed by atoms with Crippen LogP contribution in [0.3, 0.4) is 0 Å². The molecule has 3 rings (SSSR count). The number of likely N-dealkylation sites (tertiary alicyclic amines) is 1. The maximum Gasteiger partial charge on any atom is 0.253 e. The molecule has 1 unspecified atom stereocenters. The predicted octanol–water partition coefficient (Wildman–Crippen LogP) is 1.57. The van der Waals surface area contributed by atoms with Crippen molar-refractivity contribution in [1.29, 1.82) is 0 Å². The lowest BCUT2D eigenvalue weighted by molar-refractivity contribution is 0.0533. The van der Waals surface area contributed by atoms with Crippen LogP contribution in [0.15, 0.2) is 29.2 Å². The summed E-state index contributed by atoms with van der Waals surface area (Å²) in [7, 11) is -3.57. The van der Waals surface area contributed by atoms with Crippen LogP contribution in [-0.2, 0) is 10.0 Å². The molecular formula is C18H27N3O3S. The van der Waals surface area contributed by atoms with Gasteiger partial charge in [0.05, 0.1) is 4.90 Å². The molecule has 1 atom stereocenters. The number of carbonyl (C=O) groups excluding carboxylic acids is 1. The fourth-order valence-corrected chi connectivity index (χ4v) is 4.32. The molecule has 1 aromatic rings. The van der Waals surface area contributed by atoms with Crippen LogP contribution >= 0.6 is 0 Å². The maximum atomic E-state index is 12.8. The molecule has 6 nitrogen and oxygen atoms in total. The number of benzene rings is 1. The van der Waals surface area contributed by atoms with E-state index in [0.29, 0.717) is 31.1 Å². The van der Waals surface area contributed by atoms with Crippen molar-refractivity contribution in [2.45, 2.75) is 44.0 Å². The van der Waals surface area contributed by atoms with Gasteiger partial charge in [-0.3, -0.25) is 4.79 Å². The van der Waals surface area contributed by atoms with E-state index < -0.39 is 10.0 Å². The summed E-state index contributed by atoms with van der Waals surface area (Å²) in [5.74, 6) is 0.318. The Balaban J connectivity index is 1.75. The van der Waals surface area contributed by atoms with Gasteiger partial charge in [-0.25, -0.2) is 13.1 Å². The topological polar surface area (TPSA) is 92.5 Å². The summed E-state index contributed by atoms with van der Waals surface area (Å²) in [5, 5.41) is 0. The molecule has 7 heteroatoms. The van der Waals surface area contributed by atoms with Crippen molar-refractivity contribution in [2.75, 3.05) is 19.6 Å². The van der Waals surface area contributed by atoms with Crippen molar-refractivity contribution in [3.8, 4) is 0 Å². The van der Waals surface area contributed by atoms with Gasteiger partial charge < -0.3 is 10.6 Å². The minimum atomic E-state index is -3.57. The van der Waals surface area contributed by atoms with E-state index in [9.17, 15) is 13.2 Å². The molecular weight excluding hydrogens is 338 g/mol. The minimum Gasteiger partial charge on any atom is -0.338 e. The summed E-state index contributed by atoms with van der Waals surface area (Å²) in [5.41, 5.74) is 6.39. The second kappa shape index (κ2) is 6.70. The molecule has 0 radical (unpaired) electrons. The van der Waals surface area contributed by atoms with E-state index in [2.05, 4.69) is 18.6 Å². The number of hydrogen-bond donors (Lipinski definition) is 2. The Hall–Kier alpha value is -1.44. The van der Waals surface area contributed by atoms with E-state index in [4.69, 9.17) is 5.73 Å². The van der Waals surface area contributed by atoms with Crippen LogP contribution in [0.5, 0.6) is 0 Å². The quantitative estimate of drug-likeness (QED) is 0.828. The van der Waals surface area contributed by atoms with Crippen molar-refractivity contribution in [2.24, 2.45) is 17.1 Å². The lowest BCUT2D eigenvalue weighted by Gasteiger charge is -2.42. The summed E-state index contributed by atoms with van der Waals surface area (Å²) in [4.78, 5) is 14.7. The molecule has 2 aliphatic rings. The number of nitrogens with one attached hydrogen (secondary N) is 1. The first-order valence-corrected chi connectivity index (χ1v) is 10.3. The average Bonchev–Trinajstić information content (AvgIpc) is 3.39. The van der Waals surface area contributed by atoms with Gasteiger partial charge in [-0.15, -0.1) is 0 Å². The molecule has 1 saturated heterocycles. The van der Waals surface area contributed by atoms with Crippen LogP contribution in [0.4, 0.5) is 0 Å². The zero-order valence-electron chi connectivity index (χ0n) is 14.9. The number of carbonyl (C=O) groups is 1. The summed E-state index contributed by atoms with van der Waals surface area (Å²) >= 11 is 0. The molecule has 0 spiro atoms. The molecule has 0 aromatic heterocycles. The SMILES string of the molecule is CC1(C)CN(C(=O)c2cccc(S(=O)(=O)NCC3CC3)c2)CCC1N. The third-order valence-corrected chi connectivity index (χ3v) is 6.67. The zero-order chi connectivity index (χ0) is 18.2. The molecule has 138 valence electrons. The van der Waals surface area contributed by atoms with Gasteiger partial charge in [-0.1, -0.05) is 19.9 Å². The first-order chi connectivity index (χ1) is 11.7. The highest BCUT2D eigenvalue weighted by molar-refractivity contribution is 7.89. The van der Waals surface area contributed by atoms with Crippen LogP contribution in [0, 0.1) is 11.3 Å². The third-order valence-electron chi connectivity index (χ3n) is 5.25. The highest BCUT2D eigenvalue weighted by Crippen LogP contribution is 2.29. The molecule has 1 heterocycles. The van der Waals surface area contributed by atoms with Crippen molar-refractivity contribution >= 4 is 15.9 Å². The molecule has 1 saturated carbocycles. The second-order valence-electron chi connectivity index (χ2n) is 7.93. The first-order valence-electron chi connectivity index (χ1n) is 8.84. The van der Waals surface area contributed by atoms with Crippen LogP contribution in [0.1, 0.15) is 43.5 Å².